The normalized spacial score (nSPS) is 14.6. The first-order chi connectivity index (χ1) is 6.56. The fourth-order valence-corrected chi connectivity index (χ4v) is 0.760. The van der Waals surface area contributed by atoms with Crippen LogP contribution in [0.4, 0.5) is 0 Å². The number of hydrogen-bond donors (Lipinski definition) is 4. The van der Waals surface area contributed by atoms with Gasteiger partial charge in [-0.1, -0.05) is 0 Å². The van der Waals surface area contributed by atoms with Crippen molar-refractivity contribution in [3.63, 3.8) is 0 Å². The Morgan fingerprint density at radius 2 is 1.86 bits per heavy atom. The van der Waals surface area contributed by atoms with Crippen LogP contribution in [-0.2, 0) is 14.3 Å². The van der Waals surface area contributed by atoms with E-state index in [-0.39, 0.29) is 6.54 Å². The van der Waals surface area contributed by atoms with Gasteiger partial charge in [-0.05, 0) is 0 Å². The highest BCUT2D eigenvalue weighted by molar-refractivity contribution is 5.87. The predicted octanol–water partition coefficient (Wildman–Crippen LogP) is -3.26. The van der Waals surface area contributed by atoms with E-state index in [1.54, 1.807) is 0 Å². The molecule has 2 atom stereocenters. The third-order valence-corrected chi connectivity index (χ3v) is 1.48. The molecule has 0 aromatic rings. The van der Waals surface area contributed by atoms with E-state index in [0.29, 0.717) is 0 Å². The van der Waals surface area contributed by atoms with Crippen molar-refractivity contribution in [3.05, 3.63) is 0 Å². The molecule has 2 unspecified atom stereocenters. The molecule has 0 saturated heterocycles. The second-order valence-electron chi connectivity index (χ2n) is 2.53. The largest absolute Gasteiger partial charge is 0.450 e. The van der Waals surface area contributed by atoms with Crippen LogP contribution in [0.5, 0.6) is 0 Å². The lowest BCUT2D eigenvalue weighted by Gasteiger charge is -2.19. The second-order valence-corrected chi connectivity index (χ2v) is 2.53. The van der Waals surface area contributed by atoms with Gasteiger partial charge in [0.1, 0.15) is 6.10 Å². The molecule has 0 bridgehead atoms. The fourth-order valence-electron chi connectivity index (χ4n) is 0.760. The molecule has 0 aromatic heterocycles. The Morgan fingerprint density at radius 3 is 2.21 bits per heavy atom. The monoisotopic (exact) mass is 206 g/mol. The summed E-state index contributed by atoms with van der Waals surface area (Å²) < 4.78 is 4.50. The van der Waals surface area contributed by atoms with E-state index in [4.69, 9.17) is 21.7 Å². The molecule has 0 aromatic carbocycles. The van der Waals surface area contributed by atoms with Crippen molar-refractivity contribution in [3.8, 4) is 0 Å². The van der Waals surface area contributed by atoms with Crippen LogP contribution >= 0.6 is 0 Å². The third-order valence-electron chi connectivity index (χ3n) is 1.48. The number of ether oxygens (including phenoxy) is 1. The van der Waals surface area contributed by atoms with Gasteiger partial charge >= 0.3 is 5.97 Å². The zero-order valence-electron chi connectivity index (χ0n) is 7.55. The van der Waals surface area contributed by atoms with Gasteiger partial charge in [-0.3, -0.25) is 9.59 Å². The molecular formula is C7H14N2O5. The van der Waals surface area contributed by atoms with Crippen molar-refractivity contribution in [2.24, 2.45) is 11.5 Å². The summed E-state index contributed by atoms with van der Waals surface area (Å²) >= 11 is 0. The minimum Gasteiger partial charge on any atom is -0.450 e. The molecule has 0 amide bonds. The molecule has 0 aliphatic heterocycles. The molecule has 0 spiro atoms. The van der Waals surface area contributed by atoms with Gasteiger partial charge < -0.3 is 26.4 Å². The smallest absolute Gasteiger partial charge is 0.320 e. The zero-order chi connectivity index (χ0) is 11.1. The van der Waals surface area contributed by atoms with Gasteiger partial charge in [-0.15, -0.1) is 0 Å². The number of nitrogens with two attached hydrogens (primary N) is 2. The van der Waals surface area contributed by atoms with E-state index in [9.17, 15) is 9.59 Å². The van der Waals surface area contributed by atoms with Gasteiger partial charge in [0.15, 0.2) is 11.9 Å². The molecule has 6 N–H and O–H groups in total. The average Bonchev–Trinajstić information content (AvgIpc) is 2.23. The summed E-state index contributed by atoms with van der Waals surface area (Å²) in [5, 5.41) is 17.7. The molecule has 0 fully saturated rings. The van der Waals surface area contributed by atoms with Gasteiger partial charge in [0.2, 0.25) is 0 Å². The number of hydrogen-bond acceptors (Lipinski definition) is 7. The molecule has 7 nitrogen and oxygen atoms in total. The van der Waals surface area contributed by atoms with Crippen LogP contribution in [0.25, 0.3) is 0 Å². The standard InChI is InChI=1S/C7H14N2O5/c8-1-4(11)7(5(12)3-10)14-6(13)2-9/h5,7,10,12H,1-3,8-9H2. The van der Waals surface area contributed by atoms with Crippen LogP contribution < -0.4 is 11.5 Å². The topological polar surface area (TPSA) is 136 Å². The quantitative estimate of drug-likeness (QED) is 0.335. The maximum absolute atomic E-state index is 11.0. The Morgan fingerprint density at radius 1 is 1.29 bits per heavy atom. The first kappa shape index (κ1) is 13.0. The lowest BCUT2D eigenvalue weighted by molar-refractivity contribution is -0.161. The number of ketones is 1. The minimum absolute atomic E-state index is 0.389. The molecule has 0 radical (unpaired) electrons. The van der Waals surface area contributed by atoms with Crippen molar-refractivity contribution >= 4 is 11.8 Å². The average molecular weight is 206 g/mol. The lowest BCUT2D eigenvalue weighted by atomic mass is 10.1. The van der Waals surface area contributed by atoms with Crippen LogP contribution in [-0.4, -0.2) is 53.9 Å². The Labute approximate surface area is 80.6 Å². The fraction of sp³-hybridized carbons (Fsp3) is 0.714. The minimum atomic E-state index is -1.47. The third kappa shape index (κ3) is 3.79. The first-order valence-electron chi connectivity index (χ1n) is 3.98. The van der Waals surface area contributed by atoms with Crippen molar-refractivity contribution in [2.45, 2.75) is 12.2 Å². The van der Waals surface area contributed by atoms with Gasteiger partial charge in [-0.2, -0.15) is 0 Å². The van der Waals surface area contributed by atoms with E-state index in [0.717, 1.165) is 0 Å². The molecule has 0 saturated carbocycles. The second kappa shape index (κ2) is 6.44. The molecular weight excluding hydrogens is 192 g/mol. The summed E-state index contributed by atoms with van der Waals surface area (Å²) in [6.45, 7) is -1.50. The Balaban J connectivity index is 4.39. The van der Waals surface area contributed by atoms with E-state index in [1.807, 2.05) is 0 Å². The van der Waals surface area contributed by atoms with Crippen molar-refractivity contribution in [1.82, 2.24) is 0 Å². The van der Waals surface area contributed by atoms with Gasteiger partial charge in [0, 0.05) is 0 Å². The van der Waals surface area contributed by atoms with Gasteiger partial charge in [0.05, 0.1) is 19.7 Å². The van der Waals surface area contributed by atoms with E-state index in [1.165, 1.54) is 0 Å². The molecule has 0 heterocycles. The number of carbonyl (C=O) groups is 2. The van der Waals surface area contributed by atoms with Crippen LogP contribution in [0.2, 0.25) is 0 Å². The Bertz CT molecular complexity index is 208. The van der Waals surface area contributed by atoms with E-state index >= 15 is 0 Å². The van der Waals surface area contributed by atoms with E-state index < -0.39 is 37.1 Å². The van der Waals surface area contributed by atoms with Crippen LogP contribution in [0.1, 0.15) is 0 Å². The number of aliphatic hydroxyl groups is 2. The molecule has 82 valence electrons. The summed E-state index contributed by atoms with van der Waals surface area (Å²) in [5.41, 5.74) is 9.96. The summed E-state index contributed by atoms with van der Waals surface area (Å²) in [4.78, 5) is 21.8. The Kier molecular flexibility index (Phi) is 5.97. The van der Waals surface area contributed by atoms with Gasteiger partial charge in [-0.25, -0.2) is 0 Å². The van der Waals surface area contributed by atoms with Gasteiger partial charge in [0.25, 0.3) is 0 Å². The number of Topliss-reactive ketones (excluding diaryl/α,β-unsaturated/α-hetero) is 1. The number of esters is 1. The molecule has 0 aliphatic rings. The summed E-state index contributed by atoms with van der Waals surface area (Å²) in [7, 11) is 0. The highest BCUT2D eigenvalue weighted by atomic mass is 16.6. The summed E-state index contributed by atoms with van der Waals surface area (Å²) in [5.74, 6) is -1.52. The summed E-state index contributed by atoms with van der Waals surface area (Å²) in [6, 6.07) is 0. The molecule has 7 heteroatoms. The number of carbonyl (C=O) groups excluding carboxylic acids is 2. The zero-order valence-corrected chi connectivity index (χ0v) is 7.55. The maximum atomic E-state index is 11.0. The number of rotatable bonds is 6. The summed E-state index contributed by atoms with van der Waals surface area (Å²) in [6.07, 6.45) is -2.91. The van der Waals surface area contributed by atoms with Crippen LogP contribution in [0.15, 0.2) is 0 Å². The van der Waals surface area contributed by atoms with Crippen molar-refractivity contribution in [2.75, 3.05) is 19.7 Å². The van der Waals surface area contributed by atoms with Crippen LogP contribution in [0, 0.1) is 0 Å². The Hall–Kier alpha value is -1.02. The molecule has 0 rings (SSSR count). The van der Waals surface area contributed by atoms with Crippen molar-refractivity contribution in [1.29, 1.82) is 0 Å². The van der Waals surface area contributed by atoms with Crippen LogP contribution in [0.3, 0.4) is 0 Å². The SMILES string of the molecule is NCC(=O)OC(C(=O)CN)C(O)CO. The maximum Gasteiger partial charge on any atom is 0.320 e. The predicted molar refractivity (Wildman–Crippen MR) is 46.1 cm³/mol. The molecule has 0 aliphatic carbocycles. The lowest BCUT2D eigenvalue weighted by Crippen LogP contribution is -2.44. The number of aliphatic hydroxyl groups excluding tert-OH is 2. The van der Waals surface area contributed by atoms with E-state index in [2.05, 4.69) is 4.74 Å². The molecule has 14 heavy (non-hydrogen) atoms. The first-order valence-corrected chi connectivity index (χ1v) is 3.98. The highest BCUT2D eigenvalue weighted by Crippen LogP contribution is 2.01. The van der Waals surface area contributed by atoms with Crippen molar-refractivity contribution < 1.29 is 24.5 Å². The highest BCUT2D eigenvalue weighted by Gasteiger charge is 2.28.